The van der Waals surface area contributed by atoms with Gasteiger partial charge in [-0.3, -0.25) is 19.5 Å². The molecule has 0 bridgehead atoms. The Balaban J connectivity index is 1.39. The molecule has 35 heavy (non-hydrogen) atoms. The van der Waals surface area contributed by atoms with Gasteiger partial charge in [0.1, 0.15) is 5.54 Å². The van der Waals surface area contributed by atoms with Gasteiger partial charge in [0.15, 0.2) is 5.76 Å². The normalized spacial score (nSPS) is 20.8. The second-order valence-corrected chi connectivity index (χ2v) is 9.32. The van der Waals surface area contributed by atoms with Crippen LogP contribution in [0.2, 0.25) is 0 Å². The molecule has 4 amide bonds. The van der Waals surface area contributed by atoms with Crippen LogP contribution in [-0.2, 0) is 17.8 Å². The molecule has 8 heteroatoms. The van der Waals surface area contributed by atoms with Crippen LogP contribution >= 0.6 is 0 Å². The summed E-state index contributed by atoms with van der Waals surface area (Å²) in [6.45, 7) is 3.00. The first kappa shape index (κ1) is 22.8. The van der Waals surface area contributed by atoms with Crippen LogP contribution < -0.4 is 5.32 Å². The first-order valence-electron chi connectivity index (χ1n) is 11.9. The number of aryl methyl sites for hydroxylation is 1. The number of hydrogen-bond acceptors (Lipinski definition) is 5. The molecule has 4 heterocycles. The Morgan fingerprint density at radius 2 is 1.83 bits per heavy atom. The molecule has 1 aromatic carbocycles. The molecule has 0 radical (unpaired) electrons. The number of imide groups is 1. The molecule has 2 saturated heterocycles. The molecule has 1 atom stereocenters. The first-order valence-corrected chi connectivity index (χ1v) is 11.9. The first-order chi connectivity index (χ1) is 17.0. The number of carbonyl (C=O) groups is 3. The number of urea groups is 1. The van der Waals surface area contributed by atoms with E-state index in [1.807, 2.05) is 43.3 Å². The van der Waals surface area contributed by atoms with Gasteiger partial charge in [0.25, 0.3) is 11.8 Å². The summed E-state index contributed by atoms with van der Waals surface area (Å²) in [5.41, 5.74) is 1.52. The molecule has 8 nitrogen and oxygen atoms in total. The number of hydrogen-bond donors (Lipinski definition) is 1. The third-order valence-corrected chi connectivity index (χ3v) is 7.13. The van der Waals surface area contributed by atoms with E-state index < -0.39 is 5.54 Å². The van der Waals surface area contributed by atoms with E-state index in [0.29, 0.717) is 38.1 Å². The maximum Gasteiger partial charge on any atom is 0.325 e. The predicted molar refractivity (Wildman–Crippen MR) is 128 cm³/mol. The van der Waals surface area contributed by atoms with E-state index in [1.54, 1.807) is 29.4 Å². The topological polar surface area (TPSA) is 95.8 Å². The van der Waals surface area contributed by atoms with Crippen molar-refractivity contribution in [3.05, 3.63) is 89.6 Å². The highest BCUT2D eigenvalue weighted by Crippen LogP contribution is 2.37. The number of aromatic nitrogens is 1. The lowest BCUT2D eigenvalue weighted by molar-refractivity contribution is -0.134. The number of nitrogens with zero attached hydrogens (tertiary/aromatic N) is 3. The Labute approximate surface area is 203 Å². The Bertz CT molecular complexity index is 1220. The summed E-state index contributed by atoms with van der Waals surface area (Å²) >= 11 is 0. The van der Waals surface area contributed by atoms with Crippen LogP contribution in [0.4, 0.5) is 4.79 Å². The quantitative estimate of drug-likeness (QED) is 0.554. The average molecular weight is 473 g/mol. The van der Waals surface area contributed by atoms with E-state index in [9.17, 15) is 14.4 Å². The lowest BCUT2D eigenvalue weighted by Crippen LogP contribution is -2.58. The SMILES string of the molecule is Cc1ccoc1C(=O)N1CCC([C@]2(Cc3ccccc3)NC(=O)N(Cc3cccnc3)C2=O)CC1. The molecule has 3 aromatic rings. The van der Waals surface area contributed by atoms with Crippen molar-refractivity contribution in [1.82, 2.24) is 20.1 Å². The minimum absolute atomic E-state index is 0.111. The summed E-state index contributed by atoms with van der Waals surface area (Å²) in [7, 11) is 0. The third-order valence-electron chi connectivity index (χ3n) is 7.13. The van der Waals surface area contributed by atoms with Crippen molar-refractivity contribution in [3.8, 4) is 0 Å². The van der Waals surface area contributed by atoms with E-state index in [2.05, 4.69) is 10.3 Å². The Morgan fingerprint density at radius 1 is 1.09 bits per heavy atom. The fraction of sp³-hybridized carbons (Fsp3) is 0.333. The van der Waals surface area contributed by atoms with E-state index in [4.69, 9.17) is 4.42 Å². The number of nitrogens with one attached hydrogen (secondary N) is 1. The van der Waals surface area contributed by atoms with Crippen molar-refractivity contribution in [2.45, 2.75) is 38.3 Å². The molecule has 5 rings (SSSR count). The van der Waals surface area contributed by atoms with Gasteiger partial charge < -0.3 is 14.6 Å². The molecule has 0 aliphatic carbocycles. The van der Waals surface area contributed by atoms with Crippen molar-refractivity contribution in [2.24, 2.45) is 5.92 Å². The van der Waals surface area contributed by atoms with Gasteiger partial charge in [0, 0.05) is 37.5 Å². The molecule has 1 N–H and O–H groups in total. The van der Waals surface area contributed by atoms with Crippen molar-refractivity contribution in [2.75, 3.05) is 13.1 Å². The number of rotatable bonds is 6. The number of pyridine rings is 1. The minimum Gasteiger partial charge on any atom is -0.459 e. The van der Waals surface area contributed by atoms with Gasteiger partial charge in [-0.2, -0.15) is 0 Å². The molecule has 2 aromatic heterocycles. The molecule has 0 spiro atoms. The predicted octanol–water partition coefficient (Wildman–Crippen LogP) is 3.57. The van der Waals surface area contributed by atoms with Gasteiger partial charge in [-0.25, -0.2) is 4.79 Å². The van der Waals surface area contributed by atoms with Gasteiger partial charge in [0.05, 0.1) is 12.8 Å². The number of amides is 4. The van der Waals surface area contributed by atoms with Crippen molar-refractivity contribution in [1.29, 1.82) is 0 Å². The van der Waals surface area contributed by atoms with Gasteiger partial charge >= 0.3 is 6.03 Å². The van der Waals surface area contributed by atoms with Crippen molar-refractivity contribution >= 4 is 17.8 Å². The summed E-state index contributed by atoms with van der Waals surface area (Å²) in [6, 6.07) is 14.8. The summed E-state index contributed by atoms with van der Waals surface area (Å²) in [5, 5.41) is 3.08. The van der Waals surface area contributed by atoms with Crippen LogP contribution in [-0.4, -0.2) is 51.3 Å². The largest absolute Gasteiger partial charge is 0.459 e. The highest BCUT2D eigenvalue weighted by Gasteiger charge is 2.56. The summed E-state index contributed by atoms with van der Waals surface area (Å²) in [6.07, 6.45) is 6.45. The monoisotopic (exact) mass is 472 g/mol. The minimum atomic E-state index is -1.06. The fourth-order valence-electron chi connectivity index (χ4n) is 5.23. The average Bonchev–Trinajstić information content (AvgIpc) is 3.42. The van der Waals surface area contributed by atoms with Crippen LogP contribution in [0.5, 0.6) is 0 Å². The summed E-state index contributed by atoms with van der Waals surface area (Å²) < 4.78 is 5.39. The Kier molecular flexibility index (Phi) is 6.11. The smallest absolute Gasteiger partial charge is 0.325 e. The van der Waals surface area contributed by atoms with E-state index >= 15 is 0 Å². The van der Waals surface area contributed by atoms with E-state index in [1.165, 1.54) is 11.2 Å². The molecular weight excluding hydrogens is 444 g/mol. The van der Waals surface area contributed by atoms with E-state index in [-0.39, 0.29) is 30.3 Å². The zero-order valence-electron chi connectivity index (χ0n) is 19.6. The van der Waals surface area contributed by atoms with Crippen LogP contribution in [0.25, 0.3) is 0 Å². The lowest BCUT2D eigenvalue weighted by atomic mass is 9.74. The van der Waals surface area contributed by atoms with Gasteiger partial charge in [-0.05, 0) is 48.9 Å². The van der Waals surface area contributed by atoms with E-state index in [0.717, 1.165) is 16.7 Å². The van der Waals surface area contributed by atoms with Crippen molar-refractivity contribution in [3.63, 3.8) is 0 Å². The Hall–Kier alpha value is -3.94. The van der Waals surface area contributed by atoms with Gasteiger partial charge in [-0.1, -0.05) is 36.4 Å². The number of carbonyl (C=O) groups excluding carboxylic acids is 3. The summed E-state index contributed by atoms with van der Waals surface area (Å²) in [5.74, 6) is -0.111. The van der Waals surface area contributed by atoms with Gasteiger partial charge in [-0.15, -0.1) is 0 Å². The number of likely N-dealkylation sites (tertiary alicyclic amines) is 1. The third kappa shape index (κ3) is 4.32. The zero-order valence-corrected chi connectivity index (χ0v) is 19.6. The van der Waals surface area contributed by atoms with Crippen LogP contribution in [0.15, 0.2) is 71.6 Å². The zero-order chi connectivity index (χ0) is 24.4. The highest BCUT2D eigenvalue weighted by atomic mass is 16.3. The molecule has 2 aliphatic rings. The maximum absolute atomic E-state index is 13.9. The molecule has 180 valence electrons. The number of furan rings is 1. The second-order valence-electron chi connectivity index (χ2n) is 9.32. The van der Waals surface area contributed by atoms with Crippen LogP contribution in [0.1, 0.15) is 40.1 Å². The summed E-state index contributed by atoms with van der Waals surface area (Å²) in [4.78, 5) is 47.1. The van der Waals surface area contributed by atoms with Crippen molar-refractivity contribution < 1.29 is 18.8 Å². The number of piperidine rings is 1. The number of benzene rings is 1. The second kappa shape index (κ2) is 9.37. The molecular formula is C27H28N4O4. The lowest BCUT2D eigenvalue weighted by Gasteiger charge is -2.41. The Morgan fingerprint density at radius 3 is 2.49 bits per heavy atom. The highest BCUT2D eigenvalue weighted by molar-refractivity contribution is 6.07. The fourth-order valence-corrected chi connectivity index (χ4v) is 5.23. The molecule has 2 aliphatic heterocycles. The molecule has 0 saturated carbocycles. The molecule has 0 unspecified atom stereocenters. The van der Waals surface area contributed by atoms with Gasteiger partial charge in [0.2, 0.25) is 0 Å². The maximum atomic E-state index is 13.9. The standard InChI is InChI=1S/C27H28N4O4/c1-19-11-15-35-23(19)24(32)30-13-9-22(10-14-30)27(16-20-6-3-2-4-7-20)25(33)31(26(34)29-27)18-21-8-5-12-28-17-21/h2-8,11-12,15,17,22H,9-10,13-14,16,18H2,1H3,(H,29,34)/t27-/m0/s1. The molecule has 2 fully saturated rings. The van der Waals surface area contributed by atoms with Crippen LogP contribution in [0, 0.1) is 12.8 Å². The van der Waals surface area contributed by atoms with Crippen LogP contribution in [0.3, 0.4) is 0 Å².